The van der Waals surface area contributed by atoms with Crippen molar-refractivity contribution in [2.75, 3.05) is 0 Å². The van der Waals surface area contributed by atoms with Gasteiger partial charge in [-0.1, -0.05) is 6.92 Å². The van der Waals surface area contributed by atoms with E-state index in [4.69, 9.17) is 14.2 Å². The molecule has 7 fully saturated rings. The number of ether oxygens (including phenoxy) is 3. The summed E-state index contributed by atoms with van der Waals surface area (Å²) in [4.78, 5) is 39.1. The van der Waals surface area contributed by atoms with Crippen molar-refractivity contribution < 1.29 is 28.6 Å². The van der Waals surface area contributed by atoms with Gasteiger partial charge in [0.1, 0.15) is 5.60 Å². The summed E-state index contributed by atoms with van der Waals surface area (Å²) >= 11 is 0. The summed E-state index contributed by atoms with van der Waals surface area (Å²) in [5.74, 6) is 0.627. The quantitative estimate of drug-likeness (QED) is 0.484. The van der Waals surface area contributed by atoms with Gasteiger partial charge in [0.05, 0.1) is 23.2 Å². The van der Waals surface area contributed by atoms with Crippen LogP contribution in [0.2, 0.25) is 0 Å². The Morgan fingerprint density at radius 3 is 2.24 bits per heavy atom. The van der Waals surface area contributed by atoms with Crippen molar-refractivity contribution in [3.63, 3.8) is 0 Å². The fourth-order valence-electron chi connectivity index (χ4n) is 9.08. The van der Waals surface area contributed by atoms with Crippen molar-refractivity contribution in [1.29, 1.82) is 0 Å². The minimum atomic E-state index is -1.06. The SMILES string of the molecule is CCC(CC(C)(C)C(=O)OC1(C)C2CC3CC(C2)CC1C3)C(=O)OC12CC3CC(C(=O)O1)C2C3. The van der Waals surface area contributed by atoms with Gasteiger partial charge in [0, 0.05) is 6.42 Å². The van der Waals surface area contributed by atoms with Crippen molar-refractivity contribution >= 4 is 17.9 Å². The van der Waals surface area contributed by atoms with Gasteiger partial charge in [0.15, 0.2) is 0 Å². The monoisotopic (exact) mass is 472 g/mol. The lowest BCUT2D eigenvalue weighted by atomic mass is 9.50. The normalized spacial score (nSPS) is 46.5. The number of hydrogen-bond donors (Lipinski definition) is 0. The highest BCUT2D eigenvalue weighted by molar-refractivity contribution is 5.80. The van der Waals surface area contributed by atoms with E-state index in [0.29, 0.717) is 37.0 Å². The maximum atomic E-state index is 13.5. The van der Waals surface area contributed by atoms with Gasteiger partial charge in [0.25, 0.3) is 5.79 Å². The molecule has 6 aliphatic carbocycles. The van der Waals surface area contributed by atoms with E-state index >= 15 is 0 Å². The van der Waals surface area contributed by atoms with Crippen molar-refractivity contribution in [3.8, 4) is 0 Å². The lowest BCUT2D eigenvalue weighted by Gasteiger charge is -2.59. The molecule has 0 aromatic heterocycles. The Morgan fingerprint density at radius 2 is 1.65 bits per heavy atom. The molecular formula is C28H40O6. The Kier molecular flexibility index (Phi) is 5.01. The minimum absolute atomic E-state index is 0.00121. The summed E-state index contributed by atoms with van der Waals surface area (Å²) < 4.78 is 18.0. The molecule has 1 saturated heterocycles. The first kappa shape index (κ1) is 22.8. The summed E-state index contributed by atoms with van der Waals surface area (Å²) in [6.07, 6.45) is 9.44. The summed E-state index contributed by atoms with van der Waals surface area (Å²) in [5, 5.41) is 0. The molecule has 0 radical (unpaired) electrons. The molecule has 7 aliphatic rings. The third-order valence-electron chi connectivity index (χ3n) is 10.9. The topological polar surface area (TPSA) is 78.9 Å². The Bertz CT molecular complexity index is 879. The van der Waals surface area contributed by atoms with E-state index < -0.39 is 17.1 Å². The van der Waals surface area contributed by atoms with Crippen LogP contribution in [0.4, 0.5) is 0 Å². The third-order valence-corrected chi connectivity index (χ3v) is 10.9. The van der Waals surface area contributed by atoms with E-state index in [1.165, 1.54) is 32.1 Å². The first-order valence-corrected chi connectivity index (χ1v) is 13.7. The van der Waals surface area contributed by atoms with E-state index in [9.17, 15) is 14.4 Å². The fraction of sp³-hybridized carbons (Fsp3) is 0.893. The van der Waals surface area contributed by atoms with Crippen LogP contribution < -0.4 is 0 Å². The van der Waals surface area contributed by atoms with E-state index in [-0.39, 0.29) is 35.3 Å². The molecule has 5 unspecified atom stereocenters. The Morgan fingerprint density at radius 1 is 1.00 bits per heavy atom. The molecule has 6 heteroatoms. The molecular weight excluding hydrogens is 432 g/mol. The first-order valence-electron chi connectivity index (χ1n) is 13.7. The van der Waals surface area contributed by atoms with E-state index in [1.807, 2.05) is 20.8 Å². The number of carbonyl (C=O) groups is 3. The summed E-state index contributed by atoms with van der Waals surface area (Å²) in [5.41, 5.74) is -1.17. The van der Waals surface area contributed by atoms with Crippen molar-refractivity contribution in [2.24, 2.45) is 52.8 Å². The first-order chi connectivity index (χ1) is 16.0. The van der Waals surface area contributed by atoms with Gasteiger partial charge in [-0.15, -0.1) is 0 Å². The molecule has 1 aliphatic heterocycles. The summed E-state index contributed by atoms with van der Waals surface area (Å²) in [6.45, 7) is 7.91. The maximum Gasteiger partial charge on any atom is 0.312 e. The maximum absolute atomic E-state index is 13.5. The Labute approximate surface area is 202 Å². The van der Waals surface area contributed by atoms with Gasteiger partial charge in [-0.25, -0.2) is 0 Å². The second-order valence-corrected chi connectivity index (χ2v) is 13.5. The van der Waals surface area contributed by atoms with Crippen LogP contribution in [0.25, 0.3) is 0 Å². The number of hydrogen-bond acceptors (Lipinski definition) is 6. The van der Waals surface area contributed by atoms with Gasteiger partial charge in [-0.05, 0) is 108 Å². The predicted molar refractivity (Wildman–Crippen MR) is 123 cm³/mol. The van der Waals surface area contributed by atoms with Crippen LogP contribution in [0.3, 0.4) is 0 Å². The average molecular weight is 473 g/mol. The van der Waals surface area contributed by atoms with Crippen LogP contribution in [0, 0.1) is 52.8 Å². The Balaban J connectivity index is 1.12. The lowest BCUT2D eigenvalue weighted by molar-refractivity contribution is -0.226. The highest BCUT2D eigenvalue weighted by Gasteiger charge is 2.68. The summed E-state index contributed by atoms with van der Waals surface area (Å²) in [7, 11) is 0. The molecule has 0 spiro atoms. The second kappa shape index (κ2) is 7.46. The van der Waals surface area contributed by atoms with Gasteiger partial charge >= 0.3 is 17.9 Å². The van der Waals surface area contributed by atoms with E-state index in [2.05, 4.69) is 6.92 Å². The van der Waals surface area contributed by atoms with Crippen molar-refractivity contribution in [1.82, 2.24) is 0 Å². The molecule has 188 valence electrons. The smallest absolute Gasteiger partial charge is 0.312 e. The van der Waals surface area contributed by atoms with Gasteiger partial charge in [-0.3, -0.25) is 14.4 Å². The molecule has 1 heterocycles. The lowest BCUT2D eigenvalue weighted by Crippen LogP contribution is -2.58. The molecule has 6 bridgehead atoms. The van der Waals surface area contributed by atoms with Gasteiger partial charge < -0.3 is 14.2 Å². The zero-order chi connectivity index (χ0) is 24.0. The number of fused-ring (bicyclic) bond motifs is 1. The van der Waals surface area contributed by atoms with Crippen LogP contribution >= 0.6 is 0 Å². The van der Waals surface area contributed by atoms with Crippen LogP contribution in [0.1, 0.15) is 91.9 Å². The third kappa shape index (κ3) is 3.29. The van der Waals surface area contributed by atoms with E-state index in [1.54, 1.807) is 0 Å². The number of esters is 3. The largest absolute Gasteiger partial charge is 0.458 e. The standard InChI is InChI=1S/C28H40O6/c1-5-18(23(29)32-28-13-17-11-21(22(28)12-17)24(30)33-28)14-26(2,3)25(31)34-27(4)19-7-15-6-16(9-19)10-20(27)8-15/h15-22H,5-14H2,1-4H3. The Hall–Kier alpha value is -1.59. The van der Waals surface area contributed by atoms with Gasteiger partial charge in [0.2, 0.25) is 0 Å². The average Bonchev–Trinajstić information content (AvgIpc) is 3.37. The molecule has 0 N–H and O–H groups in total. The van der Waals surface area contributed by atoms with Crippen LogP contribution in [0.15, 0.2) is 0 Å². The molecule has 5 atom stereocenters. The molecule has 0 amide bonds. The van der Waals surface area contributed by atoms with Crippen molar-refractivity contribution in [3.05, 3.63) is 0 Å². The minimum Gasteiger partial charge on any atom is -0.458 e. The second-order valence-electron chi connectivity index (χ2n) is 13.5. The van der Waals surface area contributed by atoms with Gasteiger partial charge in [-0.2, -0.15) is 0 Å². The molecule has 34 heavy (non-hydrogen) atoms. The molecule has 6 saturated carbocycles. The molecule has 0 aromatic rings. The predicted octanol–water partition coefficient (Wildman–Crippen LogP) is 5.03. The van der Waals surface area contributed by atoms with Crippen molar-refractivity contribution in [2.45, 2.75) is 103 Å². The molecule has 6 nitrogen and oxygen atoms in total. The zero-order valence-corrected chi connectivity index (χ0v) is 21.1. The zero-order valence-electron chi connectivity index (χ0n) is 21.1. The van der Waals surface area contributed by atoms with E-state index in [0.717, 1.165) is 24.7 Å². The molecule has 7 rings (SSSR count). The highest BCUT2D eigenvalue weighted by Crippen LogP contribution is 2.61. The van der Waals surface area contributed by atoms with Crippen LogP contribution in [-0.4, -0.2) is 29.3 Å². The van der Waals surface area contributed by atoms with Crippen LogP contribution in [-0.2, 0) is 28.6 Å². The summed E-state index contributed by atoms with van der Waals surface area (Å²) in [6, 6.07) is 0. The highest BCUT2D eigenvalue weighted by atomic mass is 16.7. The van der Waals surface area contributed by atoms with Crippen LogP contribution in [0.5, 0.6) is 0 Å². The fourth-order valence-corrected chi connectivity index (χ4v) is 9.08. The number of carbonyl (C=O) groups excluding carboxylic acids is 3. The molecule has 0 aromatic carbocycles. The number of rotatable bonds is 7.